The summed E-state index contributed by atoms with van der Waals surface area (Å²) < 4.78 is 37.6. The number of sulfonamides is 1. The van der Waals surface area contributed by atoms with Crippen molar-refractivity contribution in [3.8, 4) is 11.1 Å². The van der Waals surface area contributed by atoms with Gasteiger partial charge in [0.25, 0.3) is 0 Å². The number of rotatable bonds is 11. The largest absolute Gasteiger partial charge is 0.616 e. The lowest BCUT2D eigenvalue weighted by Crippen LogP contribution is -2.20. The van der Waals surface area contributed by atoms with Crippen LogP contribution in [0, 0.1) is 0 Å². The maximum Gasteiger partial charge on any atom is 0.238 e. The first-order chi connectivity index (χ1) is 16.2. The lowest BCUT2D eigenvalue weighted by molar-refractivity contribution is 0.100. The number of nitrogens with zero attached hydrogens (tertiary/aromatic N) is 2. The van der Waals surface area contributed by atoms with E-state index >= 15 is 0 Å². The van der Waals surface area contributed by atoms with Gasteiger partial charge in [0.15, 0.2) is 5.75 Å². The molecule has 0 aliphatic heterocycles. The van der Waals surface area contributed by atoms with Crippen LogP contribution in [0.15, 0.2) is 58.5 Å². The Morgan fingerprint density at radius 2 is 1.85 bits per heavy atom. The molecule has 2 aromatic carbocycles. The van der Waals surface area contributed by atoms with Gasteiger partial charge < -0.3 is 9.12 Å². The Bertz CT molecular complexity index is 1250. The van der Waals surface area contributed by atoms with Crippen molar-refractivity contribution in [2.45, 2.75) is 42.7 Å². The number of hydrogen-bond acceptors (Lipinski definition) is 6. The molecule has 182 valence electrons. The first kappa shape index (κ1) is 26.5. The molecule has 0 saturated carbocycles. The number of thioether (sulfide) groups is 1. The predicted octanol–water partition coefficient (Wildman–Crippen LogP) is 3.87. The highest BCUT2D eigenvalue weighted by atomic mass is 32.2. The number of carbonyl (C=O) groups excluding carboxylic acids is 1. The van der Waals surface area contributed by atoms with Crippen molar-refractivity contribution in [3.05, 3.63) is 65.6 Å². The van der Waals surface area contributed by atoms with Gasteiger partial charge in [0.05, 0.1) is 11.2 Å². The molecule has 7 nitrogen and oxygen atoms in total. The normalized spacial score (nSPS) is 12.6. The Morgan fingerprint density at radius 3 is 2.44 bits per heavy atom. The first-order valence-electron chi connectivity index (χ1n) is 10.8. The molecule has 3 rings (SSSR count). The van der Waals surface area contributed by atoms with Crippen LogP contribution < -0.4 is 5.14 Å². The van der Waals surface area contributed by atoms with E-state index in [1.54, 1.807) is 18.2 Å². The van der Waals surface area contributed by atoms with Crippen molar-refractivity contribution in [3.63, 3.8) is 0 Å². The van der Waals surface area contributed by atoms with Crippen LogP contribution >= 0.6 is 11.8 Å². The Labute approximate surface area is 208 Å². The van der Waals surface area contributed by atoms with E-state index in [1.807, 2.05) is 35.1 Å². The molecule has 0 aliphatic carbocycles. The Kier molecular flexibility index (Phi) is 9.00. The highest BCUT2D eigenvalue weighted by molar-refractivity contribution is 7.98. The molecular weight excluding hydrogens is 490 g/mol. The van der Waals surface area contributed by atoms with Gasteiger partial charge in [-0.1, -0.05) is 55.8 Å². The van der Waals surface area contributed by atoms with E-state index in [9.17, 15) is 17.8 Å². The van der Waals surface area contributed by atoms with Crippen LogP contribution in [-0.2, 0) is 34.2 Å². The second-order valence-corrected chi connectivity index (χ2v) is 11.7. The number of primary sulfonamides is 1. The van der Waals surface area contributed by atoms with Crippen LogP contribution in [0.2, 0.25) is 0 Å². The first-order valence-corrected chi connectivity index (χ1v) is 15.3. The standard InChI is InChI=1S/C24H29N3O4S3/c1-4-5-10-22-26-24(32-2)23(20(28)16-33(3)29)27(22)15-17-11-13-18(14-12-17)19-8-6-7-9-21(19)34(25,30)31/h6-9,11-14H,4-5,10,15-16H2,1-3H3,(H2,25,30,31). The summed E-state index contributed by atoms with van der Waals surface area (Å²) in [6.45, 7) is 2.54. The summed E-state index contributed by atoms with van der Waals surface area (Å²) in [5, 5.41) is 6.04. The van der Waals surface area contributed by atoms with E-state index in [1.165, 1.54) is 24.1 Å². The molecule has 1 atom stereocenters. The van der Waals surface area contributed by atoms with Gasteiger partial charge in [-0.15, -0.1) is 11.8 Å². The molecule has 0 amide bonds. The van der Waals surface area contributed by atoms with Gasteiger partial charge >= 0.3 is 0 Å². The molecule has 2 N–H and O–H groups in total. The van der Waals surface area contributed by atoms with Gasteiger partial charge in [-0.05, 0) is 41.0 Å². The number of ketones is 1. The molecule has 0 radical (unpaired) electrons. The maximum absolute atomic E-state index is 13.0. The molecule has 0 spiro atoms. The monoisotopic (exact) mass is 519 g/mol. The Hall–Kier alpha value is -2.11. The molecule has 1 unspecified atom stereocenters. The van der Waals surface area contributed by atoms with Gasteiger partial charge in [0.2, 0.25) is 15.8 Å². The number of nitrogens with two attached hydrogens (primary N) is 1. The molecule has 10 heteroatoms. The van der Waals surface area contributed by atoms with Crippen molar-refractivity contribution in [1.82, 2.24) is 9.55 Å². The maximum atomic E-state index is 13.0. The van der Waals surface area contributed by atoms with E-state index in [0.717, 1.165) is 36.2 Å². The van der Waals surface area contributed by atoms with Crippen LogP contribution in [0.3, 0.4) is 0 Å². The summed E-state index contributed by atoms with van der Waals surface area (Å²) in [5.41, 5.74) is 2.70. The van der Waals surface area contributed by atoms with Crippen molar-refractivity contribution in [1.29, 1.82) is 0 Å². The molecular formula is C24H29N3O4S3. The van der Waals surface area contributed by atoms with E-state index in [4.69, 9.17) is 10.1 Å². The predicted molar refractivity (Wildman–Crippen MR) is 138 cm³/mol. The van der Waals surface area contributed by atoms with E-state index in [-0.39, 0.29) is 16.4 Å². The molecule has 3 aromatic rings. The third-order valence-electron chi connectivity index (χ3n) is 5.36. The number of imidazole rings is 1. The van der Waals surface area contributed by atoms with Gasteiger partial charge in [-0.2, -0.15) is 0 Å². The van der Waals surface area contributed by atoms with E-state index in [2.05, 4.69) is 6.92 Å². The van der Waals surface area contributed by atoms with Gasteiger partial charge in [0.1, 0.15) is 16.5 Å². The molecule has 1 aromatic heterocycles. The summed E-state index contributed by atoms with van der Waals surface area (Å²) in [5.74, 6) is 0.606. The highest BCUT2D eigenvalue weighted by Gasteiger charge is 2.25. The number of hydrogen-bond donors (Lipinski definition) is 1. The summed E-state index contributed by atoms with van der Waals surface area (Å²) in [6.07, 6.45) is 6.09. The van der Waals surface area contributed by atoms with Gasteiger partial charge in [0, 0.05) is 18.5 Å². The minimum absolute atomic E-state index is 0.0459. The quantitative estimate of drug-likeness (QED) is 0.233. The van der Waals surface area contributed by atoms with Crippen LogP contribution in [0.5, 0.6) is 0 Å². The molecule has 0 saturated heterocycles. The Balaban J connectivity index is 1.99. The average molecular weight is 520 g/mol. The lowest BCUT2D eigenvalue weighted by atomic mass is 10.0. The fourth-order valence-electron chi connectivity index (χ4n) is 3.76. The molecule has 0 fully saturated rings. The third kappa shape index (κ3) is 6.31. The van der Waals surface area contributed by atoms with E-state index < -0.39 is 21.2 Å². The average Bonchev–Trinajstić information content (AvgIpc) is 3.14. The Morgan fingerprint density at radius 1 is 1.18 bits per heavy atom. The number of aromatic nitrogens is 2. The highest BCUT2D eigenvalue weighted by Crippen LogP contribution is 2.28. The number of Topliss-reactive ketones (excluding diaryl/α,β-unsaturated/α-hetero) is 1. The van der Waals surface area contributed by atoms with Crippen LogP contribution in [0.1, 0.15) is 41.6 Å². The van der Waals surface area contributed by atoms with Crippen molar-refractivity contribution in [2.75, 3.05) is 18.3 Å². The lowest BCUT2D eigenvalue weighted by Gasteiger charge is -2.13. The minimum atomic E-state index is -3.86. The van der Waals surface area contributed by atoms with Gasteiger partial charge in [-0.3, -0.25) is 4.79 Å². The topological polar surface area (TPSA) is 118 Å². The van der Waals surface area contributed by atoms with Crippen molar-refractivity contribution in [2.24, 2.45) is 5.14 Å². The number of carbonyl (C=O) groups is 1. The van der Waals surface area contributed by atoms with Crippen LogP contribution in [0.25, 0.3) is 11.1 Å². The minimum Gasteiger partial charge on any atom is -0.616 e. The fraction of sp³-hybridized carbons (Fsp3) is 0.333. The zero-order valence-corrected chi connectivity index (χ0v) is 21.9. The van der Waals surface area contributed by atoms with Crippen LogP contribution in [0.4, 0.5) is 0 Å². The second kappa shape index (κ2) is 11.5. The summed E-state index contributed by atoms with van der Waals surface area (Å²) in [6, 6.07) is 14.1. The number of benzene rings is 2. The van der Waals surface area contributed by atoms with Gasteiger partial charge in [-0.25, -0.2) is 18.5 Å². The summed E-state index contributed by atoms with van der Waals surface area (Å²) >= 11 is 0.163. The zero-order valence-electron chi connectivity index (χ0n) is 19.5. The number of aryl methyl sites for hydroxylation is 1. The fourth-order valence-corrected chi connectivity index (χ4v) is 5.64. The zero-order chi connectivity index (χ0) is 24.9. The van der Waals surface area contributed by atoms with Crippen molar-refractivity contribution >= 4 is 38.7 Å². The van der Waals surface area contributed by atoms with E-state index in [0.29, 0.717) is 22.8 Å². The second-order valence-electron chi connectivity index (χ2n) is 7.95. The smallest absolute Gasteiger partial charge is 0.238 e. The molecule has 34 heavy (non-hydrogen) atoms. The molecule has 1 heterocycles. The molecule has 0 bridgehead atoms. The number of unbranched alkanes of at least 4 members (excludes halogenated alkanes) is 1. The van der Waals surface area contributed by atoms with Crippen LogP contribution in [-0.4, -0.2) is 46.6 Å². The van der Waals surface area contributed by atoms with Crippen molar-refractivity contribution < 1.29 is 17.8 Å². The summed E-state index contributed by atoms with van der Waals surface area (Å²) in [4.78, 5) is 17.8. The molecule has 0 aliphatic rings. The summed E-state index contributed by atoms with van der Waals surface area (Å²) in [7, 11) is -3.86. The SMILES string of the molecule is CCCCc1nc(SC)c(C(=O)C[S+](C)[O-])n1Cc1ccc(-c2ccccc2S(N)(=O)=O)cc1. The third-order valence-corrected chi connectivity index (χ3v) is 7.67.